The van der Waals surface area contributed by atoms with Crippen LogP contribution in [0.5, 0.6) is 0 Å². The highest BCUT2D eigenvalue weighted by atomic mass is 16.1. The van der Waals surface area contributed by atoms with Crippen molar-refractivity contribution < 1.29 is 4.79 Å². The SMILES string of the molecule is Cc1cc(-c2ccc3cnc(NC(=O)C4CCC(CCC5(C)CC5)C4)cc3c2)n(C)c1C. The van der Waals surface area contributed by atoms with Gasteiger partial charge in [0.1, 0.15) is 5.82 Å². The van der Waals surface area contributed by atoms with E-state index in [1.807, 2.05) is 12.3 Å². The third kappa shape index (κ3) is 4.20. The van der Waals surface area contributed by atoms with Gasteiger partial charge in [-0.25, -0.2) is 4.98 Å². The lowest BCUT2D eigenvalue weighted by molar-refractivity contribution is -0.119. The van der Waals surface area contributed by atoms with Crippen LogP contribution < -0.4 is 5.32 Å². The maximum atomic E-state index is 12.9. The number of carbonyl (C=O) groups excluding carboxylic acids is 1. The number of aryl methyl sites for hydroxylation is 1. The number of benzene rings is 1. The molecule has 2 aliphatic carbocycles. The zero-order valence-electron chi connectivity index (χ0n) is 19.9. The van der Waals surface area contributed by atoms with Crippen molar-refractivity contribution in [3.63, 3.8) is 0 Å². The molecule has 0 bridgehead atoms. The van der Waals surface area contributed by atoms with Gasteiger partial charge < -0.3 is 9.88 Å². The summed E-state index contributed by atoms with van der Waals surface area (Å²) in [4.78, 5) is 17.4. The monoisotopic (exact) mass is 429 g/mol. The van der Waals surface area contributed by atoms with E-state index in [0.717, 1.165) is 23.6 Å². The van der Waals surface area contributed by atoms with Gasteiger partial charge in [-0.05, 0) is 105 Å². The molecule has 0 saturated heterocycles. The molecule has 0 radical (unpaired) electrons. The van der Waals surface area contributed by atoms with Crippen LogP contribution in [0.15, 0.2) is 36.5 Å². The van der Waals surface area contributed by atoms with Gasteiger partial charge in [0.25, 0.3) is 0 Å². The van der Waals surface area contributed by atoms with Crippen LogP contribution in [0.4, 0.5) is 5.82 Å². The molecule has 4 heteroatoms. The van der Waals surface area contributed by atoms with E-state index in [0.29, 0.717) is 17.2 Å². The van der Waals surface area contributed by atoms with E-state index >= 15 is 0 Å². The summed E-state index contributed by atoms with van der Waals surface area (Å²) in [7, 11) is 2.11. The Balaban J connectivity index is 1.28. The second-order valence-electron chi connectivity index (χ2n) is 10.7. The van der Waals surface area contributed by atoms with E-state index in [1.54, 1.807) is 0 Å². The average molecular weight is 430 g/mol. The molecular weight excluding hydrogens is 394 g/mol. The van der Waals surface area contributed by atoms with E-state index in [2.05, 4.69) is 67.0 Å². The zero-order chi connectivity index (χ0) is 22.5. The lowest BCUT2D eigenvalue weighted by Gasteiger charge is -2.14. The van der Waals surface area contributed by atoms with E-state index in [1.165, 1.54) is 54.6 Å². The third-order valence-electron chi connectivity index (χ3n) is 8.23. The first-order valence-electron chi connectivity index (χ1n) is 12.2. The molecule has 3 aromatic rings. The van der Waals surface area contributed by atoms with Gasteiger partial charge in [-0.3, -0.25) is 4.79 Å². The van der Waals surface area contributed by atoms with E-state index in [9.17, 15) is 4.79 Å². The van der Waals surface area contributed by atoms with E-state index in [-0.39, 0.29) is 11.8 Å². The van der Waals surface area contributed by atoms with E-state index in [4.69, 9.17) is 0 Å². The highest BCUT2D eigenvalue weighted by Gasteiger charge is 2.38. The number of nitrogens with zero attached hydrogens (tertiary/aromatic N) is 2. The molecule has 5 rings (SSSR count). The van der Waals surface area contributed by atoms with Gasteiger partial charge in [0, 0.05) is 35.9 Å². The van der Waals surface area contributed by atoms with Crippen LogP contribution in [0, 0.1) is 31.1 Å². The third-order valence-corrected chi connectivity index (χ3v) is 8.23. The number of hydrogen-bond acceptors (Lipinski definition) is 2. The molecule has 168 valence electrons. The molecular formula is C28H35N3O. The first kappa shape index (κ1) is 21.2. The highest BCUT2D eigenvalue weighted by molar-refractivity contribution is 5.95. The lowest BCUT2D eigenvalue weighted by atomic mass is 9.93. The number of pyridine rings is 1. The summed E-state index contributed by atoms with van der Waals surface area (Å²) in [6.07, 6.45) is 10.5. The van der Waals surface area contributed by atoms with E-state index < -0.39 is 0 Å². The summed E-state index contributed by atoms with van der Waals surface area (Å²) < 4.78 is 2.24. The number of fused-ring (bicyclic) bond motifs is 1. The second-order valence-corrected chi connectivity index (χ2v) is 10.7. The number of nitrogens with one attached hydrogen (secondary N) is 1. The summed E-state index contributed by atoms with van der Waals surface area (Å²) in [5, 5.41) is 5.30. The van der Waals surface area contributed by atoms with Crippen LogP contribution in [0.1, 0.15) is 63.1 Å². The molecule has 2 fully saturated rings. The number of carbonyl (C=O) groups is 1. The Labute approximate surface area is 191 Å². The summed E-state index contributed by atoms with van der Waals surface area (Å²) in [6.45, 7) is 6.71. The predicted octanol–water partition coefficient (Wildman–Crippen LogP) is 6.79. The van der Waals surface area contributed by atoms with Gasteiger partial charge in [-0.15, -0.1) is 0 Å². The molecule has 2 heterocycles. The number of aromatic nitrogens is 2. The number of hydrogen-bond donors (Lipinski definition) is 1. The van der Waals surface area contributed by atoms with Crippen molar-refractivity contribution in [3.05, 3.63) is 47.8 Å². The van der Waals surface area contributed by atoms with Crippen molar-refractivity contribution in [1.82, 2.24) is 9.55 Å². The normalized spacial score (nSPS) is 21.8. The van der Waals surface area contributed by atoms with Crippen LogP contribution in [-0.4, -0.2) is 15.5 Å². The molecule has 4 nitrogen and oxygen atoms in total. The zero-order valence-corrected chi connectivity index (χ0v) is 19.9. The van der Waals surface area contributed by atoms with Gasteiger partial charge >= 0.3 is 0 Å². The smallest absolute Gasteiger partial charge is 0.228 e. The molecule has 1 aromatic carbocycles. The largest absolute Gasteiger partial charge is 0.348 e. The first-order valence-corrected chi connectivity index (χ1v) is 12.2. The number of amides is 1. The fourth-order valence-electron chi connectivity index (χ4n) is 5.32. The summed E-state index contributed by atoms with van der Waals surface area (Å²) >= 11 is 0. The Bertz CT molecular complexity index is 1170. The first-order chi connectivity index (χ1) is 15.3. The van der Waals surface area contributed by atoms with Gasteiger partial charge in [-0.2, -0.15) is 0 Å². The van der Waals surface area contributed by atoms with Crippen LogP contribution in [0.2, 0.25) is 0 Å². The predicted molar refractivity (Wildman–Crippen MR) is 132 cm³/mol. The number of rotatable bonds is 6. The molecule has 1 N–H and O–H groups in total. The maximum Gasteiger partial charge on any atom is 0.228 e. The molecule has 32 heavy (non-hydrogen) atoms. The summed E-state index contributed by atoms with van der Waals surface area (Å²) in [5.41, 5.74) is 5.59. The molecule has 2 atom stereocenters. The van der Waals surface area contributed by atoms with Crippen LogP contribution in [0.25, 0.3) is 22.0 Å². The Morgan fingerprint density at radius 1 is 1.16 bits per heavy atom. The Morgan fingerprint density at radius 2 is 1.97 bits per heavy atom. The standard InChI is InChI=1S/C28H35N3O/c1-18-13-25(31(4)19(18)2)21-7-8-23-17-29-26(16-24(23)15-21)30-27(32)22-6-5-20(14-22)9-10-28(3)11-12-28/h7-8,13,15-17,20,22H,5-6,9-12,14H2,1-4H3,(H,29,30,32). The van der Waals surface area contributed by atoms with Crippen LogP contribution >= 0.6 is 0 Å². The van der Waals surface area contributed by atoms with Crippen molar-refractivity contribution in [2.45, 2.75) is 65.7 Å². The summed E-state index contributed by atoms with van der Waals surface area (Å²) in [5.74, 6) is 1.65. The Kier molecular flexibility index (Phi) is 5.35. The van der Waals surface area contributed by atoms with Crippen molar-refractivity contribution >= 4 is 22.5 Å². The second kappa shape index (κ2) is 8.06. The van der Waals surface area contributed by atoms with Crippen molar-refractivity contribution in [1.29, 1.82) is 0 Å². The van der Waals surface area contributed by atoms with Gasteiger partial charge in [-0.1, -0.05) is 19.1 Å². The molecule has 0 spiro atoms. The molecule has 0 aliphatic heterocycles. The van der Waals surface area contributed by atoms with Crippen LogP contribution in [0.3, 0.4) is 0 Å². The molecule has 2 saturated carbocycles. The average Bonchev–Trinajstić information content (AvgIpc) is 3.23. The molecule has 2 aromatic heterocycles. The Hall–Kier alpha value is -2.62. The number of anilines is 1. The fourth-order valence-corrected chi connectivity index (χ4v) is 5.32. The van der Waals surface area contributed by atoms with Crippen molar-refractivity contribution in [2.24, 2.45) is 24.3 Å². The van der Waals surface area contributed by atoms with Gasteiger partial charge in [0.2, 0.25) is 5.91 Å². The minimum atomic E-state index is 0.130. The summed E-state index contributed by atoms with van der Waals surface area (Å²) in [6, 6.07) is 10.7. The molecule has 2 aliphatic rings. The molecule has 2 unspecified atom stereocenters. The van der Waals surface area contributed by atoms with Gasteiger partial charge in [0.05, 0.1) is 0 Å². The Morgan fingerprint density at radius 3 is 2.69 bits per heavy atom. The highest BCUT2D eigenvalue weighted by Crippen LogP contribution is 2.50. The van der Waals surface area contributed by atoms with Gasteiger partial charge in [0.15, 0.2) is 0 Å². The minimum absolute atomic E-state index is 0.130. The van der Waals surface area contributed by atoms with Crippen LogP contribution in [-0.2, 0) is 11.8 Å². The van der Waals surface area contributed by atoms with Crippen molar-refractivity contribution in [2.75, 3.05) is 5.32 Å². The fraction of sp³-hybridized carbons (Fsp3) is 0.500. The lowest BCUT2D eigenvalue weighted by Crippen LogP contribution is -2.21. The topological polar surface area (TPSA) is 46.9 Å². The molecule has 1 amide bonds. The maximum absolute atomic E-state index is 12.9. The minimum Gasteiger partial charge on any atom is -0.348 e. The van der Waals surface area contributed by atoms with Crippen molar-refractivity contribution in [3.8, 4) is 11.3 Å². The quantitative estimate of drug-likeness (QED) is 0.469.